The molecule has 2 aromatic rings. The number of hydrogen-bond acceptors (Lipinski definition) is 7. The number of hydrogen-bond donors (Lipinski definition) is 1. The molecule has 0 saturated heterocycles. The summed E-state index contributed by atoms with van der Waals surface area (Å²) in [6.45, 7) is -0.977. The average Bonchev–Trinajstić information content (AvgIpc) is 2.99. The Balaban J connectivity index is 1.69. The van der Waals surface area contributed by atoms with Gasteiger partial charge in [-0.1, -0.05) is 12.1 Å². The lowest BCUT2D eigenvalue weighted by molar-refractivity contribution is -0.304. The second-order valence-corrected chi connectivity index (χ2v) is 5.81. The molecule has 8 nitrogen and oxygen atoms in total. The van der Waals surface area contributed by atoms with Crippen LogP contribution in [0.5, 0.6) is 17.2 Å². The number of carboxylic acids is 1. The van der Waals surface area contributed by atoms with Gasteiger partial charge in [-0.2, -0.15) is 0 Å². The van der Waals surface area contributed by atoms with Gasteiger partial charge in [0.1, 0.15) is 17.2 Å². The molecule has 144 valence electrons. The lowest BCUT2D eigenvalue weighted by Gasteiger charge is -2.08. The molecule has 8 heteroatoms. The molecular weight excluding hydrogens is 366 g/mol. The number of benzene rings is 2. The van der Waals surface area contributed by atoms with Crippen LogP contribution in [-0.4, -0.2) is 37.9 Å². The van der Waals surface area contributed by atoms with Crippen LogP contribution in [0.4, 0.5) is 0 Å². The zero-order valence-corrected chi connectivity index (χ0v) is 14.9. The van der Waals surface area contributed by atoms with E-state index in [4.69, 9.17) is 14.2 Å². The molecule has 3 rings (SSSR count). The van der Waals surface area contributed by atoms with Crippen molar-refractivity contribution in [2.24, 2.45) is 0 Å². The molecule has 28 heavy (non-hydrogen) atoms. The third-order valence-corrected chi connectivity index (χ3v) is 3.83. The van der Waals surface area contributed by atoms with Crippen molar-refractivity contribution in [3.8, 4) is 17.2 Å². The number of nitrogens with one attached hydrogen (secondary N) is 1. The molecule has 0 aliphatic carbocycles. The molecule has 1 amide bonds. The third kappa shape index (κ3) is 4.47. The summed E-state index contributed by atoms with van der Waals surface area (Å²) in [6.07, 6.45) is 1.61. The van der Waals surface area contributed by atoms with Gasteiger partial charge in [-0.25, -0.2) is 0 Å². The fraction of sp³-hybridized carbons (Fsp3) is 0.150. The molecule has 2 aromatic carbocycles. The Bertz CT molecular complexity index is 965. The minimum Gasteiger partial charge on any atom is -0.548 e. The summed E-state index contributed by atoms with van der Waals surface area (Å²) >= 11 is 0. The molecular formula is C20H16NO7-. The van der Waals surface area contributed by atoms with Crippen molar-refractivity contribution in [1.82, 2.24) is 5.32 Å². The number of rotatable bonds is 7. The first-order valence-corrected chi connectivity index (χ1v) is 8.28. The molecule has 0 fully saturated rings. The van der Waals surface area contributed by atoms with E-state index in [1.807, 2.05) is 6.07 Å². The van der Waals surface area contributed by atoms with Crippen molar-refractivity contribution >= 4 is 23.7 Å². The minimum atomic E-state index is -1.40. The van der Waals surface area contributed by atoms with Crippen LogP contribution in [-0.2, 0) is 9.59 Å². The number of fused-ring (bicyclic) bond motifs is 1. The molecule has 0 radical (unpaired) electrons. The molecule has 0 saturated carbocycles. The van der Waals surface area contributed by atoms with Gasteiger partial charge in [-0.15, -0.1) is 0 Å². The van der Waals surface area contributed by atoms with E-state index in [1.165, 1.54) is 12.1 Å². The van der Waals surface area contributed by atoms with E-state index in [0.29, 0.717) is 22.8 Å². The van der Waals surface area contributed by atoms with E-state index in [1.54, 1.807) is 37.5 Å². The summed E-state index contributed by atoms with van der Waals surface area (Å²) in [6, 6.07) is 11.7. The monoisotopic (exact) mass is 382 g/mol. The number of aliphatic carboxylic acids is 1. The number of ketones is 1. The van der Waals surface area contributed by atoms with E-state index < -0.39 is 18.4 Å². The van der Waals surface area contributed by atoms with Crippen LogP contribution < -0.4 is 24.6 Å². The number of Topliss-reactive ketones (excluding diaryl/α,β-unsaturated/α-hetero) is 1. The van der Waals surface area contributed by atoms with Gasteiger partial charge in [0.2, 0.25) is 5.78 Å². The number of ether oxygens (including phenoxy) is 3. The van der Waals surface area contributed by atoms with E-state index in [-0.39, 0.29) is 18.1 Å². The van der Waals surface area contributed by atoms with Crippen molar-refractivity contribution in [1.29, 1.82) is 0 Å². The fourth-order valence-corrected chi connectivity index (χ4v) is 2.51. The molecule has 1 aliphatic heterocycles. The van der Waals surface area contributed by atoms with E-state index in [0.717, 1.165) is 5.56 Å². The van der Waals surface area contributed by atoms with Crippen LogP contribution in [0, 0.1) is 0 Å². The van der Waals surface area contributed by atoms with Gasteiger partial charge in [0.05, 0.1) is 25.2 Å². The zero-order chi connectivity index (χ0) is 20.1. The Labute approximate surface area is 160 Å². The quantitative estimate of drug-likeness (QED) is 0.696. The maximum atomic E-state index is 12.5. The molecule has 0 aromatic heterocycles. The second kappa shape index (κ2) is 8.26. The smallest absolute Gasteiger partial charge is 0.258 e. The molecule has 0 spiro atoms. The molecule has 1 aliphatic rings. The van der Waals surface area contributed by atoms with Gasteiger partial charge >= 0.3 is 0 Å². The highest BCUT2D eigenvalue weighted by atomic mass is 16.5. The highest BCUT2D eigenvalue weighted by Crippen LogP contribution is 2.35. The SMILES string of the molecule is COc1cccc(/C=C2\Oc3cc(OCC(=O)NCC(=O)[O-])ccc3C2=O)c1. The predicted molar refractivity (Wildman–Crippen MR) is 95.9 cm³/mol. The summed E-state index contributed by atoms with van der Waals surface area (Å²) in [5, 5.41) is 12.4. The Kier molecular flexibility index (Phi) is 5.59. The standard InChI is InChI=1S/C20H17NO7/c1-26-13-4-2-3-12(7-13)8-17-20(25)15-6-5-14(9-16(15)28-17)27-11-18(22)21-10-19(23)24/h2-9H,10-11H2,1H3,(H,21,22)(H,23,24)/p-1/b17-8-. The van der Waals surface area contributed by atoms with Crippen molar-refractivity contribution in [2.75, 3.05) is 20.3 Å². The highest BCUT2D eigenvalue weighted by molar-refractivity contribution is 6.14. The Morgan fingerprint density at radius 1 is 1.18 bits per heavy atom. The van der Waals surface area contributed by atoms with Gasteiger partial charge in [0, 0.05) is 6.07 Å². The number of carbonyl (C=O) groups is 3. The number of allylic oxidation sites excluding steroid dienone is 1. The van der Waals surface area contributed by atoms with Crippen molar-refractivity contribution in [2.45, 2.75) is 0 Å². The summed E-state index contributed by atoms with van der Waals surface area (Å²) in [5.74, 6) is -0.842. The molecule has 0 atom stereocenters. The fourth-order valence-electron chi connectivity index (χ4n) is 2.51. The number of carboxylic acid groups (broad SMARTS) is 1. The van der Waals surface area contributed by atoms with Crippen LogP contribution in [0.15, 0.2) is 48.2 Å². The van der Waals surface area contributed by atoms with E-state index in [9.17, 15) is 19.5 Å². The van der Waals surface area contributed by atoms with Gasteiger partial charge in [-0.05, 0) is 35.9 Å². The summed E-state index contributed by atoms with van der Waals surface area (Å²) in [7, 11) is 1.56. The highest BCUT2D eigenvalue weighted by Gasteiger charge is 2.27. The Morgan fingerprint density at radius 2 is 2.00 bits per heavy atom. The van der Waals surface area contributed by atoms with Crippen LogP contribution in [0.3, 0.4) is 0 Å². The first kappa shape index (κ1) is 19.0. The van der Waals surface area contributed by atoms with E-state index >= 15 is 0 Å². The Morgan fingerprint density at radius 3 is 2.75 bits per heavy atom. The molecule has 1 N–H and O–H groups in total. The average molecular weight is 382 g/mol. The van der Waals surface area contributed by atoms with Crippen LogP contribution in [0.1, 0.15) is 15.9 Å². The summed E-state index contributed by atoms with van der Waals surface area (Å²) < 4.78 is 16.1. The largest absolute Gasteiger partial charge is 0.548 e. The molecule has 0 unspecified atom stereocenters. The van der Waals surface area contributed by atoms with Crippen molar-refractivity contribution < 1.29 is 33.7 Å². The first-order valence-electron chi connectivity index (χ1n) is 8.28. The maximum Gasteiger partial charge on any atom is 0.258 e. The topological polar surface area (TPSA) is 114 Å². The lowest BCUT2D eigenvalue weighted by atomic mass is 10.1. The summed E-state index contributed by atoms with van der Waals surface area (Å²) in [5.41, 5.74) is 1.12. The van der Waals surface area contributed by atoms with Crippen LogP contribution >= 0.6 is 0 Å². The van der Waals surface area contributed by atoms with Gasteiger partial charge in [0.15, 0.2) is 12.4 Å². The van der Waals surface area contributed by atoms with Gasteiger partial charge < -0.3 is 29.4 Å². The van der Waals surface area contributed by atoms with Gasteiger partial charge in [-0.3, -0.25) is 9.59 Å². The normalized spacial score (nSPS) is 13.6. The molecule has 0 bridgehead atoms. The zero-order valence-electron chi connectivity index (χ0n) is 14.9. The third-order valence-electron chi connectivity index (χ3n) is 3.83. The number of carbonyl (C=O) groups excluding carboxylic acids is 3. The second-order valence-electron chi connectivity index (χ2n) is 5.81. The predicted octanol–water partition coefficient (Wildman–Crippen LogP) is 0.556. The lowest BCUT2D eigenvalue weighted by Crippen LogP contribution is -2.39. The van der Waals surface area contributed by atoms with Crippen LogP contribution in [0.25, 0.3) is 6.08 Å². The van der Waals surface area contributed by atoms with Gasteiger partial charge in [0.25, 0.3) is 5.91 Å². The number of methoxy groups -OCH3 is 1. The maximum absolute atomic E-state index is 12.5. The molecule has 1 heterocycles. The number of amides is 1. The van der Waals surface area contributed by atoms with Crippen molar-refractivity contribution in [3.05, 3.63) is 59.4 Å². The Hall–Kier alpha value is -3.81. The van der Waals surface area contributed by atoms with Crippen LogP contribution in [0.2, 0.25) is 0 Å². The van der Waals surface area contributed by atoms with Crippen molar-refractivity contribution in [3.63, 3.8) is 0 Å². The minimum absolute atomic E-state index is 0.159. The summed E-state index contributed by atoms with van der Waals surface area (Å²) in [4.78, 5) is 34.3. The van der Waals surface area contributed by atoms with E-state index in [2.05, 4.69) is 5.32 Å². The first-order chi connectivity index (χ1) is 13.5.